The summed E-state index contributed by atoms with van der Waals surface area (Å²) in [6.45, 7) is 8.82. The van der Waals surface area contributed by atoms with Gasteiger partial charge in [0.15, 0.2) is 0 Å². The molecule has 10 nitrogen and oxygen atoms in total. The third kappa shape index (κ3) is 7.54. The Hall–Kier alpha value is -3.58. The third-order valence-electron chi connectivity index (χ3n) is 7.70. The molecule has 0 bridgehead atoms. The fourth-order valence-electron chi connectivity index (χ4n) is 5.63. The molecule has 0 spiro atoms. The number of hydrogen-bond acceptors (Lipinski definition) is 7. The summed E-state index contributed by atoms with van der Waals surface area (Å²) in [7, 11) is 0. The maximum Gasteiger partial charge on any atom is 0.410 e. The number of rotatable bonds is 7. The van der Waals surface area contributed by atoms with Crippen LogP contribution in [0.4, 0.5) is 10.6 Å². The van der Waals surface area contributed by atoms with Gasteiger partial charge in [0.25, 0.3) is 5.56 Å². The van der Waals surface area contributed by atoms with Gasteiger partial charge >= 0.3 is 11.8 Å². The lowest BCUT2D eigenvalue weighted by molar-refractivity contribution is 0.0180. The number of piperidine rings is 2. The number of carbonyl (C=O) groups excluding carboxylic acids is 1. The number of ether oxygens (including phenoxy) is 1. The van der Waals surface area contributed by atoms with Crippen molar-refractivity contribution >= 4 is 11.9 Å². The van der Waals surface area contributed by atoms with Crippen molar-refractivity contribution in [1.29, 1.82) is 5.26 Å². The molecule has 2 N–H and O–H groups in total. The Morgan fingerprint density at radius 1 is 1.10 bits per heavy atom. The van der Waals surface area contributed by atoms with E-state index < -0.39 is 5.60 Å². The van der Waals surface area contributed by atoms with Crippen LogP contribution in [-0.4, -0.2) is 57.9 Å². The minimum Gasteiger partial charge on any atom is -0.444 e. The van der Waals surface area contributed by atoms with Gasteiger partial charge in [0.05, 0.1) is 18.2 Å². The lowest BCUT2D eigenvalue weighted by Crippen LogP contribution is -2.48. The maximum atomic E-state index is 13.8. The van der Waals surface area contributed by atoms with Gasteiger partial charge in [-0.25, -0.2) is 9.59 Å². The highest BCUT2D eigenvalue weighted by Gasteiger charge is 2.27. The lowest BCUT2D eigenvalue weighted by atomic mass is 9.92. The van der Waals surface area contributed by atoms with Crippen molar-refractivity contribution in [2.75, 3.05) is 31.1 Å². The lowest BCUT2D eigenvalue weighted by Gasteiger charge is -2.34. The topological polar surface area (TPSA) is 127 Å². The van der Waals surface area contributed by atoms with Gasteiger partial charge in [0.1, 0.15) is 11.4 Å². The van der Waals surface area contributed by atoms with Crippen molar-refractivity contribution in [2.24, 2.45) is 11.7 Å². The molecule has 3 heterocycles. The number of anilines is 1. The van der Waals surface area contributed by atoms with Crippen LogP contribution in [0, 0.1) is 17.2 Å². The Bertz CT molecular complexity index is 1340. The number of nitrogens with zero attached hydrogens (tertiary/aromatic N) is 5. The molecule has 1 atom stereocenters. The number of nitrogens with two attached hydrogens (primary N) is 1. The predicted octanol–water partition coefficient (Wildman–Crippen LogP) is 3.28. The SMILES string of the molecule is CC(C)(C)OC(=O)N1CCC(CCCn2c(=O)cc(N3CCCC(N)C3)n(Cc3cccc(C#N)c3)c2=O)CC1. The van der Waals surface area contributed by atoms with E-state index in [-0.39, 0.29) is 29.9 Å². The summed E-state index contributed by atoms with van der Waals surface area (Å²) < 4.78 is 8.47. The van der Waals surface area contributed by atoms with Crippen molar-refractivity contribution in [3.05, 3.63) is 62.3 Å². The van der Waals surface area contributed by atoms with Crippen LogP contribution in [0.2, 0.25) is 0 Å². The molecule has 1 amide bonds. The molecule has 0 radical (unpaired) electrons. The molecule has 2 aromatic rings. The zero-order chi connectivity index (χ0) is 28.9. The number of aromatic nitrogens is 2. The van der Waals surface area contributed by atoms with Crippen LogP contribution in [0.15, 0.2) is 39.9 Å². The van der Waals surface area contributed by atoms with Crippen LogP contribution in [0.3, 0.4) is 0 Å². The van der Waals surface area contributed by atoms with Crippen LogP contribution in [0.25, 0.3) is 0 Å². The summed E-state index contributed by atoms with van der Waals surface area (Å²) in [4.78, 5) is 43.1. The van der Waals surface area contributed by atoms with E-state index in [4.69, 9.17) is 10.5 Å². The molecular weight excluding hydrogens is 508 g/mol. The molecule has 4 rings (SSSR count). The Labute approximate surface area is 235 Å². The Balaban J connectivity index is 1.47. The van der Waals surface area contributed by atoms with Crippen molar-refractivity contribution in [3.8, 4) is 6.07 Å². The minimum atomic E-state index is -0.512. The molecule has 10 heteroatoms. The average molecular weight is 551 g/mol. The standard InChI is InChI=1S/C30H42N6O4/c1-30(2,3)40-29(39)33-15-11-22(12-16-33)9-5-14-35-27(37)18-26(34-13-6-10-25(32)21-34)36(28(35)38)20-24-8-4-7-23(17-24)19-31/h4,7-8,17-18,22,25H,5-6,9-16,20-21,32H2,1-3H3. The average Bonchev–Trinajstić information content (AvgIpc) is 2.91. The van der Waals surface area contributed by atoms with Gasteiger partial charge in [-0.2, -0.15) is 5.26 Å². The van der Waals surface area contributed by atoms with Crippen molar-refractivity contribution in [3.63, 3.8) is 0 Å². The maximum absolute atomic E-state index is 13.8. The zero-order valence-electron chi connectivity index (χ0n) is 24.0. The quantitative estimate of drug-likeness (QED) is 0.561. The van der Waals surface area contributed by atoms with Gasteiger partial charge in [-0.1, -0.05) is 12.1 Å². The number of nitriles is 1. The highest BCUT2D eigenvalue weighted by molar-refractivity contribution is 5.68. The molecular formula is C30H42N6O4. The van der Waals surface area contributed by atoms with Crippen molar-refractivity contribution in [1.82, 2.24) is 14.0 Å². The highest BCUT2D eigenvalue weighted by Crippen LogP contribution is 2.24. The van der Waals surface area contributed by atoms with Gasteiger partial charge in [-0.3, -0.25) is 13.9 Å². The molecule has 0 aliphatic carbocycles. The summed E-state index contributed by atoms with van der Waals surface area (Å²) in [5, 5.41) is 9.33. The predicted molar refractivity (Wildman–Crippen MR) is 154 cm³/mol. The summed E-state index contributed by atoms with van der Waals surface area (Å²) in [6.07, 6.45) is 4.87. The van der Waals surface area contributed by atoms with Gasteiger partial charge < -0.3 is 20.3 Å². The second-order valence-electron chi connectivity index (χ2n) is 12.1. The van der Waals surface area contributed by atoms with Crippen LogP contribution < -0.4 is 21.9 Å². The van der Waals surface area contributed by atoms with E-state index in [1.165, 1.54) is 4.57 Å². The molecule has 1 aromatic carbocycles. The van der Waals surface area contributed by atoms with Crippen LogP contribution in [-0.2, 0) is 17.8 Å². The van der Waals surface area contributed by atoms with E-state index in [2.05, 4.69) is 6.07 Å². The summed E-state index contributed by atoms with van der Waals surface area (Å²) in [5.41, 5.74) is 6.41. The second kappa shape index (κ2) is 12.7. The van der Waals surface area contributed by atoms with Gasteiger partial charge in [-0.15, -0.1) is 0 Å². The minimum absolute atomic E-state index is 0.0108. The first-order valence-electron chi connectivity index (χ1n) is 14.4. The van der Waals surface area contributed by atoms with Crippen molar-refractivity contribution in [2.45, 2.75) is 84.0 Å². The van der Waals surface area contributed by atoms with E-state index in [0.29, 0.717) is 49.9 Å². The van der Waals surface area contributed by atoms with Crippen molar-refractivity contribution < 1.29 is 9.53 Å². The number of hydrogen-bond donors (Lipinski definition) is 1. The number of carbonyl (C=O) groups is 1. The molecule has 2 saturated heterocycles. The normalized spacial score (nSPS) is 18.4. The zero-order valence-corrected chi connectivity index (χ0v) is 24.0. The first-order chi connectivity index (χ1) is 19.0. The highest BCUT2D eigenvalue weighted by atomic mass is 16.6. The molecule has 2 fully saturated rings. The first kappa shape index (κ1) is 29.4. The van der Waals surface area contributed by atoms with E-state index in [0.717, 1.165) is 44.2 Å². The second-order valence-corrected chi connectivity index (χ2v) is 12.1. The number of amides is 1. The van der Waals surface area contributed by atoms with Gasteiger partial charge in [-0.05, 0) is 82.9 Å². The smallest absolute Gasteiger partial charge is 0.410 e. The van der Waals surface area contributed by atoms with E-state index in [1.807, 2.05) is 31.7 Å². The monoisotopic (exact) mass is 550 g/mol. The molecule has 40 heavy (non-hydrogen) atoms. The fraction of sp³-hybridized carbons (Fsp3) is 0.600. The number of likely N-dealkylation sites (tertiary alicyclic amines) is 1. The molecule has 0 saturated carbocycles. The number of benzene rings is 1. The third-order valence-corrected chi connectivity index (χ3v) is 7.70. The fourth-order valence-corrected chi connectivity index (χ4v) is 5.63. The van der Waals surface area contributed by atoms with E-state index >= 15 is 0 Å². The summed E-state index contributed by atoms with van der Waals surface area (Å²) >= 11 is 0. The summed E-state index contributed by atoms with van der Waals surface area (Å²) in [6, 6.07) is 10.9. The molecule has 2 aliphatic rings. The Kier molecular flexibility index (Phi) is 9.36. The Morgan fingerprint density at radius 3 is 2.52 bits per heavy atom. The van der Waals surface area contributed by atoms with E-state index in [1.54, 1.807) is 33.7 Å². The van der Waals surface area contributed by atoms with Crippen LogP contribution in [0.1, 0.15) is 70.4 Å². The molecule has 2 aliphatic heterocycles. The van der Waals surface area contributed by atoms with Crippen LogP contribution in [0.5, 0.6) is 0 Å². The first-order valence-corrected chi connectivity index (χ1v) is 14.4. The molecule has 1 unspecified atom stereocenters. The van der Waals surface area contributed by atoms with Gasteiger partial charge in [0, 0.05) is 44.8 Å². The summed E-state index contributed by atoms with van der Waals surface area (Å²) in [5.74, 6) is 1.01. The molecule has 1 aromatic heterocycles. The Morgan fingerprint density at radius 2 is 1.85 bits per heavy atom. The largest absolute Gasteiger partial charge is 0.444 e. The van der Waals surface area contributed by atoms with Gasteiger partial charge in [0.2, 0.25) is 0 Å². The van der Waals surface area contributed by atoms with Crippen LogP contribution >= 0.6 is 0 Å². The van der Waals surface area contributed by atoms with E-state index in [9.17, 15) is 19.6 Å². The molecule has 216 valence electrons.